The molecule has 2 N–H and O–H groups in total. The van der Waals surface area contributed by atoms with Crippen LogP contribution in [-0.2, 0) is 6.42 Å². The maximum atomic E-state index is 5.65. The number of aromatic nitrogens is 1. The summed E-state index contributed by atoms with van der Waals surface area (Å²) >= 11 is 0. The fourth-order valence-electron chi connectivity index (χ4n) is 2.27. The van der Waals surface area contributed by atoms with Crippen molar-refractivity contribution in [2.45, 2.75) is 26.7 Å². The third-order valence-corrected chi connectivity index (χ3v) is 3.17. The predicted octanol–water partition coefficient (Wildman–Crippen LogP) is 3.15. The summed E-state index contributed by atoms with van der Waals surface area (Å²) in [6, 6.07) is 10.6. The van der Waals surface area contributed by atoms with Gasteiger partial charge in [0.2, 0.25) is 0 Å². The lowest BCUT2D eigenvalue weighted by atomic mass is 9.82. The van der Waals surface area contributed by atoms with Gasteiger partial charge in [-0.2, -0.15) is 0 Å². The second-order valence-electron chi connectivity index (χ2n) is 5.41. The van der Waals surface area contributed by atoms with Crippen LogP contribution in [0.3, 0.4) is 0 Å². The highest BCUT2D eigenvalue weighted by Crippen LogP contribution is 2.26. The molecule has 2 aromatic rings. The van der Waals surface area contributed by atoms with Crippen LogP contribution in [0.1, 0.15) is 25.8 Å². The van der Waals surface area contributed by atoms with Crippen LogP contribution in [0, 0.1) is 5.41 Å². The van der Waals surface area contributed by atoms with Gasteiger partial charge in [-0.25, -0.2) is 0 Å². The Morgan fingerprint density at radius 2 is 2.06 bits per heavy atom. The summed E-state index contributed by atoms with van der Waals surface area (Å²) < 4.78 is 0. The Morgan fingerprint density at radius 1 is 1.24 bits per heavy atom. The van der Waals surface area contributed by atoms with E-state index in [1.807, 2.05) is 12.3 Å². The number of fused-ring (bicyclic) bond motifs is 1. The van der Waals surface area contributed by atoms with E-state index in [1.54, 1.807) is 0 Å². The highest BCUT2D eigenvalue weighted by Gasteiger charge is 2.17. The largest absolute Gasteiger partial charge is 0.330 e. The summed E-state index contributed by atoms with van der Waals surface area (Å²) in [5, 5.41) is 1.22. The predicted molar refractivity (Wildman–Crippen MR) is 72.9 cm³/mol. The number of hydrogen-bond donors (Lipinski definition) is 1. The number of nitrogens with zero attached hydrogens (tertiary/aromatic N) is 1. The second kappa shape index (κ2) is 4.84. The Kier molecular flexibility index (Phi) is 3.43. The van der Waals surface area contributed by atoms with Crippen molar-refractivity contribution in [3.05, 3.63) is 42.1 Å². The molecular formula is C15H20N2. The molecule has 0 saturated heterocycles. The highest BCUT2D eigenvalue weighted by atomic mass is 14.6. The Balaban J connectivity index is 2.25. The molecule has 17 heavy (non-hydrogen) atoms. The smallest absolute Gasteiger partial charge is 0.0702 e. The molecule has 0 bridgehead atoms. The third kappa shape index (κ3) is 3.04. The molecule has 0 aliphatic rings. The van der Waals surface area contributed by atoms with E-state index in [-0.39, 0.29) is 5.41 Å². The van der Waals surface area contributed by atoms with E-state index in [9.17, 15) is 0 Å². The molecule has 0 fully saturated rings. The minimum absolute atomic E-state index is 0.268. The van der Waals surface area contributed by atoms with Crippen LogP contribution in [0.25, 0.3) is 10.9 Å². The van der Waals surface area contributed by atoms with E-state index in [1.165, 1.54) is 10.9 Å². The minimum atomic E-state index is 0.268. The van der Waals surface area contributed by atoms with Crippen molar-refractivity contribution in [3.63, 3.8) is 0 Å². The molecule has 2 nitrogen and oxygen atoms in total. The van der Waals surface area contributed by atoms with E-state index >= 15 is 0 Å². The second-order valence-corrected chi connectivity index (χ2v) is 5.41. The fraction of sp³-hybridized carbons (Fsp3) is 0.400. The molecule has 0 saturated carbocycles. The number of nitrogens with two attached hydrogens (primary N) is 1. The molecule has 1 heterocycles. The van der Waals surface area contributed by atoms with Crippen LogP contribution in [-0.4, -0.2) is 11.5 Å². The lowest BCUT2D eigenvalue weighted by Gasteiger charge is -2.24. The lowest BCUT2D eigenvalue weighted by Crippen LogP contribution is -2.19. The summed E-state index contributed by atoms with van der Waals surface area (Å²) in [7, 11) is 0. The first kappa shape index (κ1) is 12.1. The third-order valence-electron chi connectivity index (χ3n) is 3.17. The Bertz CT molecular complexity index is 503. The maximum absolute atomic E-state index is 5.65. The number of benzene rings is 1. The van der Waals surface area contributed by atoms with Gasteiger partial charge in [0.25, 0.3) is 0 Å². The van der Waals surface area contributed by atoms with Crippen molar-refractivity contribution in [2.24, 2.45) is 11.1 Å². The summed E-state index contributed by atoms with van der Waals surface area (Å²) in [4.78, 5) is 4.34. The molecule has 1 aromatic heterocycles. The molecule has 0 spiro atoms. The zero-order valence-corrected chi connectivity index (χ0v) is 10.6. The van der Waals surface area contributed by atoms with Crippen LogP contribution in [0.15, 0.2) is 36.5 Å². The normalized spacial score (nSPS) is 11.9. The summed E-state index contributed by atoms with van der Waals surface area (Å²) in [5.41, 5.74) is 8.34. The van der Waals surface area contributed by atoms with E-state index < -0.39 is 0 Å². The molecule has 0 aliphatic heterocycles. The molecule has 1 aromatic carbocycles. The Morgan fingerprint density at radius 3 is 2.82 bits per heavy atom. The van der Waals surface area contributed by atoms with Crippen LogP contribution in [0.2, 0.25) is 0 Å². The molecular weight excluding hydrogens is 208 g/mol. The van der Waals surface area contributed by atoms with Gasteiger partial charge in [0.15, 0.2) is 0 Å². The molecule has 0 radical (unpaired) electrons. The van der Waals surface area contributed by atoms with Crippen molar-refractivity contribution in [1.82, 2.24) is 4.98 Å². The van der Waals surface area contributed by atoms with Crippen LogP contribution in [0.4, 0.5) is 0 Å². The van der Waals surface area contributed by atoms with Crippen LogP contribution in [0.5, 0.6) is 0 Å². The molecule has 2 heteroatoms. The van der Waals surface area contributed by atoms with Gasteiger partial charge in [0.05, 0.1) is 5.52 Å². The average molecular weight is 228 g/mol. The monoisotopic (exact) mass is 228 g/mol. The standard InChI is InChI=1S/C15H20N2/c1-15(2,7-8-16)11-12-5-6-14-13(10-12)4-3-9-17-14/h3-6,9-10H,7-8,11,16H2,1-2H3. The molecule has 0 amide bonds. The lowest BCUT2D eigenvalue weighted by molar-refractivity contribution is 0.339. The number of pyridine rings is 1. The van der Waals surface area contributed by atoms with Gasteiger partial charge in [0, 0.05) is 11.6 Å². The topological polar surface area (TPSA) is 38.9 Å². The minimum Gasteiger partial charge on any atom is -0.330 e. The van der Waals surface area contributed by atoms with Gasteiger partial charge < -0.3 is 5.73 Å². The van der Waals surface area contributed by atoms with Crippen molar-refractivity contribution in [3.8, 4) is 0 Å². The maximum Gasteiger partial charge on any atom is 0.0702 e. The molecule has 2 rings (SSSR count). The van der Waals surface area contributed by atoms with E-state index in [0.717, 1.165) is 24.9 Å². The van der Waals surface area contributed by atoms with Crippen LogP contribution >= 0.6 is 0 Å². The molecule has 0 aliphatic carbocycles. The molecule has 0 atom stereocenters. The van der Waals surface area contributed by atoms with E-state index in [0.29, 0.717) is 0 Å². The van der Waals surface area contributed by atoms with Gasteiger partial charge in [-0.05, 0) is 48.6 Å². The van der Waals surface area contributed by atoms with Crippen molar-refractivity contribution in [1.29, 1.82) is 0 Å². The quantitative estimate of drug-likeness (QED) is 0.873. The first-order chi connectivity index (χ1) is 8.11. The molecule has 0 unspecified atom stereocenters. The molecule has 90 valence electrons. The summed E-state index contributed by atoms with van der Waals surface area (Å²) in [5.74, 6) is 0. The average Bonchev–Trinajstić information content (AvgIpc) is 2.28. The van der Waals surface area contributed by atoms with Gasteiger partial charge >= 0.3 is 0 Å². The number of rotatable bonds is 4. The van der Waals surface area contributed by atoms with Gasteiger partial charge in [-0.15, -0.1) is 0 Å². The van der Waals surface area contributed by atoms with Gasteiger partial charge in [0.1, 0.15) is 0 Å². The van der Waals surface area contributed by atoms with Crippen molar-refractivity contribution >= 4 is 10.9 Å². The van der Waals surface area contributed by atoms with Crippen molar-refractivity contribution in [2.75, 3.05) is 6.54 Å². The van der Waals surface area contributed by atoms with Gasteiger partial charge in [-0.3, -0.25) is 4.98 Å². The highest BCUT2D eigenvalue weighted by molar-refractivity contribution is 5.78. The first-order valence-corrected chi connectivity index (χ1v) is 6.14. The first-order valence-electron chi connectivity index (χ1n) is 6.14. The Hall–Kier alpha value is -1.41. The fourth-order valence-corrected chi connectivity index (χ4v) is 2.27. The summed E-state index contributed by atoms with van der Waals surface area (Å²) in [6.07, 6.45) is 3.95. The van der Waals surface area contributed by atoms with Crippen molar-refractivity contribution < 1.29 is 0 Å². The SMILES string of the molecule is CC(C)(CCN)Cc1ccc2ncccc2c1. The van der Waals surface area contributed by atoms with E-state index in [4.69, 9.17) is 5.73 Å². The summed E-state index contributed by atoms with van der Waals surface area (Å²) in [6.45, 7) is 5.29. The van der Waals surface area contributed by atoms with E-state index in [2.05, 4.69) is 43.1 Å². The zero-order valence-electron chi connectivity index (χ0n) is 10.6. The number of hydrogen-bond acceptors (Lipinski definition) is 2. The Labute approximate surface area is 103 Å². The zero-order chi connectivity index (χ0) is 12.3. The van der Waals surface area contributed by atoms with Crippen LogP contribution < -0.4 is 5.73 Å². The van der Waals surface area contributed by atoms with Gasteiger partial charge in [-0.1, -0.05) is 26.0 Å².